The van der Waals surface area contributed by atoms with Crippen molar-refractivity contribution in [3.63, 3.8) is 0 Å². The Labute approximate surface area is 117 Å². The molecule has 5 nitrogen and oxygen atoms in total. The van der Waals surface area contributed by atoms with Gasteiger partial charge in [-0.3, -0.25) is 0 Å². The van der Waals surface area contributed by atoms with E-state index in [0.717, 1.165) is 0 Å². The summed E-state index contributed by atoms with van der Waals surface area (Å²) in [6, 6.07) is 5.84. The third kappa shape index (κ3) is 4.18. The molecule has 0 heterocycles. The highest BCUT2D eigenvalue weighted by Gasteiger charge is 2.24. The van der Waals surface area contributed by atoms with Crippen LogP contribution >= 0.6 is 11.6 Å². The first-order valence-electron chi connectivity index (χ1n) is 5.63. The Morgan fingerprint density at radius 2 is 2.16 bits per heavy atom. The van der Waals surface area contributed by atoms with E-state index in [1.807, 2.05) is 6.07 Å². The topological polar surface area (TPSA) is 90.2 Å². The number of aliphatic hydroxyl groups is 1. The Balaban J connectivity index is 3.05. The molecule has 1 unspecified atom stereocenters. The van der Waals surface area contributed by atoms with Crippen LogP contribution in [0.4, 0.5) is 0 Å². The van der Waals surface area contributed by atoms with Crippen LogP contribution in [0.25, 0.3) is 0 Å². The van der Waals surface area contributed by atoms with Crippen LogP contribution in [0.5, 0.6) is 0 Å². The third-order valence-electron chi connectivity index (χ3n) is 2.75. The molecule has 1 atom stereocenters. The Kier molecular flexibility index (Phi) is 4.93. The molecular formula is C12H15ClN2O3S. The van der Waals surface area contributed by atoms with Crippen LogP contribution in [0.3, 0.4) is 0 Å². The van der Waals surface area contributed by atoms with Crippen molar-refractivity contribution in [2.45, 2.75) is 30.8 Å². The van der Waals surface area contributed by atoms with Crippen molar-refractivity contribution >= 4 is 21.6 Å². The summed E-state index contributed by atoms with van der Waals surface area (Å²) in [6.07, 6.45) is 0.404. The van der Waals surface area contributed by atoms with Crippen LogP contribution in [0, 0.1) is 11.3 Å². The van der Waals surface area contributed by atoms with E-state index in [-0.39, 0.29) is 22.0 Å². The molecule has 0 aliphatic rings. The largest absolute Gasteiger partial charge is 0.389 e. The SMILES string of the molecule is CCC(C)(O)CNS(=O)(=O)c1cc(C#N)ccc1Cl. The number of sulfonamides is 1. The average molecular weight is 303 g/mol. The van der Waals surface area contributed by atoms with Crippen LogP contribution in [0.2, 0.25) is 5.02 Å². The number of rotatable bonds is 5. The minimum Gasteiger partial charge on any atom is -0.389 e. The molecule has 7 heteroatoms. The zero-order valence-corrected chi connectivity index (χ0v) is 12.2. The Morgan fingerprint density at radius 1 is 1.53 bits per heavy atom. The lowest BCUT2D eigenvalue weighted by Gasteiger charge is -2.21. The van der Waals surface area contributed by atoms with E-state index < -0.39 is 15.6 Å². The van der Waals surface area contributed by atoms with Gasteiger partial charge in [-0.2, -0.15) is 5.26 Å². The molecule has 0 spiro atoms. The van der Waals surface area contributed by atoms with Gasteiger partial charge >= 0.3 is 0 Å². The quantitative estimate of drug-likeness (QED) is 0.865. The molecule has 0 aliphatic heterocycles. The van der Waals surface area contributed by atoms with Gasteiger partial charge in [0.2, 0.25) is 10.0 Å². The predicted octanol–water partition coefficient (Wildman–Crippen LogP) is 1.65. The van der Waals surface area contributed by atoms with Gasteiger partial charge in [-0.1, -0.05) is 18.5 Å². The molecule has 0 fully saturated rings. The molecule has 0 aromatic heterocycles. The Hall–Kier alpha value is -1.13. The number of nitriles is 1. The van der Waals surface area contributed by atoms with E-state index in [9.17, 15) is 13.5 Å². The lowest BCUT2D eigenvalue weighted by Crippen LogP contribution is -2.40. The first kappa shape index (κ1) is 15.9. The first-order valence-corrected chi connectivity index (χ1v) is 7.49. The molecule has 0 bridgehead atoms. The summed E-state index contributed by atoms with van der Waals surface area (Å²) in [5.74, 6) is 0. The lowest BCUT2D eigenvalue weighted by atomic mass is 10.1. The molecule has 2 N–H and O–H groups in total. The summed E-state index contributed by atoms with van der Waals surface area (Å²) in [7, 11) is -3.86. The van der Waals surface area contributed by atoms with Gasteiger partial charge in [0.15, 0.2) is 0 Å². The van der Waals surface area contributed by atoms with Crippen molar-refractivity contribution in [2.75, 3.05) is 6.54 Å². The minimum absolute atomic E-state index is 0.0302. The van der Waals surface area contributed by atoms with Gasteiger partial charge in [0.05, 0.1) is 22.3 Å². The van der Waals surface area contributed by atoms with Gasteiger partial charge in [0, 0.05) is 6.54 Å². The van der Waals surface area contributed by atoms with Gasteiger partial charge in [-0.25, -0.2) is 13.1 Å². The molecule has 0 radical (unpaired) electrons. The molecule has 0 aliphatic carbocycles. The van der Waals surface area contributed by atoms with Crippen molar-refractivity contribution in [1.29, 1.82) is 5.26 Å². The molecule has 19 heavy (non-hydrogen) atoms. The van der Waals surface area contributed by atoms with Crippen LogP contribution in [-0.4, -0.2) is 25.7 Å². The molecule has 0 amide bonds. The summed E-state index contributed by atoms with van der Waals surface area (Å²) in [5, 5.41) is 18.6. The van der Waals surface area contributed by atoms with E-state index in [4.69, 9.17) is 16.9 Å². The van der Waals surface area contributed by atoms with Crippen LogP contribution in [0.15, 0.2) is 23.1 Å². The fourth-order valence-electron chi connectivity index (χ4n) is 1.23. The summed E-state index contributed by atoms with van der Waals surface area (Å²) in [6.45, 7) is 3.15. The Bertz CT molecular complexity index is 606. The normalized spacial score (nSPS) is 14.7. The smallest absolute Gasteiger partial charge is 0.242 e. The van der Waals surface area contributed by atoms with E-state index in [1.54, 1.807) is 6.92 Å². The molecule has 0 saturated heterocycles. The summed E-state index contributed by atoms with van der Waals surface area (Å²) >= 11 is 5.83. The second-order valence-corrected chi connectivity index (χ2v) is 6.57. The third-order valence-corrected chi connectivity index (χ3v) is 4.64. The molecule has 1 aromatic carbocycles. The van der Waals surface area contributed by atoms with Crippen molar-refractivity contribution < 1.29 is 13.5 Å². The van der Waals surface area contributed by atoms with Gasteiger partial charge in [-0.15, -0.1) is 0 Å². The number of nitrogens with zero attached hydrogens (tertiary/aromatic N) is 1. The van der Waals surface area contributed by atoms with E-state index >= 15 is 0 Å². The van der Waals surface area contributed by atoms with Crippen LogP contribution in [-0.2, 0) is 10.0 Å². The van der Waals surface area contributed by atoms with E-state index in [2.05, 4.69) is 4.72 Å². The highest BCUT2D eigenvalue weighted by Crippen LogP contribution is 2.22. The second-order valence-electron chi connectivity index (χ2n) is 4.43. The number of hydrogen-bond acceptors (Lipinski definition) is 4. The predicted molar refractivity (Wildman–Crippen MR) is 72.3 cm³/mol. The highest BCUT2D eigenvalue weighted by atomic mass is 35.5. The zero-order chi connectivity index (χ0) is 14.7. The molecule has 0 saturated carbocycles. The van der Waals surface area contributed by atoms with Gasteiger partial charge in [0.25, 0.3) is 0 Å². The van der Waals surface area contributed by atoms with Crippen LogP contribution < -0.4 is 4.72 Å². The molecule has 1 rings (SSSR count). The van der Waals surface area contributed by atoms with Crippen molar-refractivity contribution in [3.8, 4) is 6.07 Å². The summed E-state index contributed by atoms with van der Waals surface area (Å²) in [5.41, 5.74) is -0.932. The molecular weight excluding hydrogens is 288 g/mol. The monoisotopic (exact) mass is 302 g/mol. The van der Waals surface area contributed by atoms with Crippen molar-refractivity contribution in [3.05, 3.63) is 28.8 Å². The maximum Gasteiger partial charge on any atom is 0.242 e. The van der Waals surface area contributed by atoms with Gasteiger partial charge in [-0.05, 0) is 31.5 Å². The lowest BCUT2D eigenvalue weighted by molar-refractivity contribution is 0.0613. The van der Waals surface area contributed by atoms with Crippen molar-refractivity contribution in [2.24, 2.45) is 0 Å². The molecule has 1 aromatic rings. The fraction of sp³-hybridized carbons (Fsp3) is 0.417. The number of benzene rings is 1. The number of halogens is 1. The van der Waals surface area contributed by atoms with Gasteiger partial charge in [0.1, 0.15) is 4.90 Å². The van der Waals surface area contributed by atoms with Crippen LogP contribution in [0.1, 0.15) is 25.8 Å². The Morgan fingerprint density at radius 3 is 2.68 bits per heavy atom. The highest BCUT2D eigenvalue weighted by molar-refractivity contribution is 7.89. The van der Waals surface area contributed by atoms with E-state index in [1.165, 1.54) is 25.1 Å². The summed E-state index contributed by atoms with van der Waals surface area (Å²) in [4.78, 5) is -0.167. The van der Waals surface area contributed by atoms with Gasteiger partial charge < -0.3 is 5.11 Å². The first-order chi connectivity index (χ1) is 8.72. The average Bonchev–Trinajstić information content (AvgIpc) is 2.37. The van der Waals surface area contributed by atoms with Crippen molar-refractivity contribution in [1.82, 2.24) is 4.72 Å². The molecule has 104 valence electrons. The second kappa shape index (κ2) is 5.88. The zero-order valence-electron chi connectivity index (χ0n) is 10.6. The number of nitrogens with one attached hydrogen (secondary N) is 1. The minimum atomic E-state index is -3.86. The summed E-state index contributed by atoms with van der Waals surface area (Å²) < 4.78 is 26.4. The fourth-order valence-corrected chi connectivity index (χ4v) is 2.92. The maximum absolute atomic E-state index is 12.1. The number of hydrogen-bond donors (Lipinski definition) is 2. The standard InChI is InChI=1S/C12H15ClN2O3S/c1-3-12(2,16)8-15-19(17,18)11-6-9(7-14)4-5-10(11)13/h4-6,15-16H,3,8H2,1-2H3. The van der Waals surface area contributed by atoms with E-state index in [0.29, 0.717) is 6.42 Å². The maximum atomic E-state index is 12.1.